The fourth-order valence-electron chi connectivity index (χ4n) is 2.30. The molecule has 1 heterocycles. The first-order valence-electron chi connectivity index (χ1n) is 7.89. The van der Waals surface area contributed by atoms with E-state index in [2.05, 4.69) is 4.98 Å². The highest BCUT2D eigenvalue weighted by Crippen LogP contribution is 2.40. The Labute approximate surface area is 174 Å². The first-order valence-corrected chi connectivity index (χ1v) is 9.46. The number of thioether (sulfide) groups is 1. The van der Waals surface area contributed by atoms with Crippen LogP contribution in [0.3, 0.4) is 0 Å². The van der Waals surface area contributed by atoms with Crippen molar-refractivity contribution in [1.29, 1.82) is 0 Å². The van der Waals surface area contributed by atoms with Crippen LogP contribution in [0.15, 0.2) is 58.2 Å². The minimum Gasteiger partial charge on any atom is -0.480 e. The van der Waals surface area contributed by atoms with Crippen molar-refractivity contribution in [2.45, 2.75) is 16.9 Å². The van der Waals surface area contributed by atoms with Gasteiger partial charge in [0.05, 0.1) is 0 Å². The third-order valence-electron chi connectivity index (χ3n) is 3.94. The highest BCUT2D eigenvalue weighted by atomic mass is 35.5. The van der Waals surface area contributed by atoms with Crippen molar-refractivity contribution in [3.05, 3.63) is 58.6 Å². The molecule has 3 rings (SSSR count). The van der Waals surface area contributed by atoms with Gasteiger partial charge in [-0.1, -0.05) is 35.3 Å². The van der Waals surface area contributed by atoms with E-state index in [4.69, 9.17) is 27.6 Å². The summed E-state index contributed by atoms with van der Waals surface area (Å²) < 4.78 is 3.62. The lowest BCUT2D eigenvalue weighted by Gasteiger charge is -2.16. The van der Waals surface area contributed by atoms with Gasteiger partial charge in [-0.2, -0.15) is 0 Å². The molecule has 0 unspecified atom stereocenters. The molecular formula is C19H13Cl2NO5S. The zero-order valence-electron chi connectivity index (χ0n) is 14.3. The topological polar surface area (TPSA) is 101 Å². The highest BCUT2D eigenvalue weighted by molar-refractivity contribution is 8.01. The molecule has 3 aromatic rings. The van der Waals surface area contributed by atoms with Gasteiger partial charge in [0, 0.05) is 21.2 Å². The molecule has 9 heteroatoms. The van der Waals surface area contributed by atoms with Crippen LogP contribution in [0.5, 0.6) is 0 Å². The Morgan fingerprint density at radius 3 is 1.86 bits per heavy atom. The van der Waals surface area contributed by atoms with Crippen LogP contribution in [0.1, 0.15) is 6.92 Å². The van der Waals surface area contributed by atoms with Gasteiger partial charge in [0.15, 0.2) is 5.76 Å². The molecule has 0 amide bonds. The summed E-state index contributed by atoms with van der Waals surface area (Å²) in [6.45, 7) is 1.08. The Kier molecular flexibility index (Phi) is 5.69. The van der Waals surface area contributed by atoms with Crippen LogP contribution in [-0.4, -0.2) is 31.9 Å². The summed E-state index contributed by atoms with van der Waals surface area (Å²) >= 11 is 12.4. The molecule has 2 aromatic carbocycles. The molecule has 0 aliphatic rings. The van der Waals surface area contributed by atoms with Gasteiger partial charge in [0.1, 0.15) is 5.69 Å². The normalized spacial score (nSPS) is 11.4. The van der Waals surface area contributed by atoms with Crippen LogP contribution in [0.25, 0.3) is 22.6 Å². The number of hydrogen-bond donors (Lipinski definition) is 2. The Morgan fingerprint density at radius 1 is 0.929 bits per heavy atom. The predicted molar refractivity (Wildman–Crippen MR) is 107 cm³/mol. The predicted octanol–water partition coefficient (Wildman–Crippen LogP) is 5.34. The summed E-state index contributed by atoms with van der Waals surface area (Å²) in [4.78, 5) is 27.3. The van der Waals surface area contributed by atoms with Crippen LogP contribution < -0.4 is 0 Å². The minimum absolute atomic E-state index is 0.0813. The lowest BCUT2D eigenvalue weighted by atomic mass is 10.1. The van der Waals surface area contributed by atoms with Crippen LogP contribution in [0, 0.1) is 0 Å². The SMILES string of the molecule is CC(Sc1nc(-c2ccc(Cl)cc2)c(-c2ccc(Cl)cc2)o1)(C(=O)O)C(=O)O. The van der Waals surface area contributed by atoms with Crippen molar-refractivity contribution in [3.8, 4) is 22.6 Å². The molecule has 0 aliphatic heterocycles. The van der Waals surface area contributed by atoms with Gasteiger partial charge in [0.2, 0.25) is 4.75 Å². The van der Waals surface area contributed by atoms with Crippen molar-refractivity contribution in [2.75, 3.05) is 0 Å². The Balaban J connectivity index is 2.12. The summed E-state index contributed by atoms with van der Waals surface area (Å²) in [5.74, 6) is -2.66. The maximum absolute atomic E-state index is 11.5. The van der Waals surface area contributed by atoms with Gasteiger partial charge >= 0.3 is 11.9 Å². The second-order valence-corrected chi connectivity index (χ2v) is 8.16. The molecular weight excluding hydrogens is 425 g/mol. The van der Waals surface area contributed by atoms with Gasteiger partial charge in [-0.25, -0.2) is 4.98 Å². The summed E-state index contributed by atoms with van der Waals surface area (Å²) in [6, 6.07) is 13.6. The molecule has 0 aliphatic carbocycles. The number of halogens is 2. The molecule has 1 aromatic heterocycles. The Hall–Kier alpha value is -2.48. The Bertz CT molecular complexity index is 954. The number of carboxylic acid groups (broad SMARTS) is 2. The molecule has 0 atom stereocenters. The van der Waals surface area contributed by atoms with Crippen molar-refractivity contribution in [2.24, 2.45) is 0 Å². The molecule has 6 nitrogen and oxygen atoms in total. The monoisotopic (exact) mass is 437 g/mol. The summed E-state index contributed by atoms with van der Waals surface area (Å²) in [5, 5.41) is 19.7. The largest absolute Gasteiger partial charge is 0.480 e. The van der Waals surface area contributed by atoms with Crippen LogP contribution in [-0.2, 0) is 9.59 Å². The number of benzene rings is 2. The minimum atomic E-state index is -2.15. The van der Waals surface area contributed by atoms with E-state index in [-0.39, 0.29) is 5.22 Å². The number of hydrogen-bond acceptors (Lipinski definition) is 5. The lowest BCUT2D eigenvalue weighted by molar-refractivity contribution is -0.150. The first-order chi connectivity index (χ1) is 13.2. The van der Waals surface area contributed by atoms with Crippen molar-refractivity contribution in [3.63, 3.8) is 0 Å². The van der Waals surface area contributed by atoms with Gasteiger partial charge in [-0.15, -0.1) is 0 Å². The smallest absolute Gasteiger partial charge is 0.331 e. The molecule has 0 saturated heterocycles. The van der Waals surface area contributed by atoms with Gasteiger partial charge in [-0.05, 0) is 55.1 Å². The molecule has 2 N–H and O–H groups in total. The molecule has 0 radical (unpaired) electrons. The maximum atomic E-state index is 11.5. The lowest BCUT2D eigenvalue weighted by Crippen LogP contribution is -2.40. The number of oxazole rings is 1. The second kappa shape index (κ2) is 7.87. The van der Waals surface area contributed by atoms with Crippen LogP contribution in [0.4, 0.5) is 0 Å². The molecule has 144 valence electrons. The third-order valence-corrected chi connectivity index (χ3v) is 5.55. The standard InChI is InChI=1S/C19H13Cl2NO5S/c1-19(16(23)24,17(25)26)28-18-22-14(10-2-6-12(20)7-3-10)15(27-18)11-4-8-13(21)9-5-11/h2-9H,1H3,(H,23,24)(H,25,26). The average molecular weight is 438 g/mol. The summed E-state index contributed by atoms with van der Waals surface area (Å²) in [7, 11) is 0. The maximum Gasteiger partial charge on any atom is 0.331 e. The van der Waals surface area contributed by atoms with Crippen molar-refractivity contribution in [1.82, 2.24) is 4.98 Å². The fourth-order valence-corrected chi connectivity index (χ4v) is 3.34. The number of carbonyl (C=O) groups is 2. The molecule has 0 saturated carbocycles. The molecule has 0 spiro atoms. The number of aromatic nitrogens is 1. The van der Waals surface area contributed by atoms with E-state index in [1.807, 2.05) is 0 Å². The van der Waals surface area contributed by atoms with E-state index in [9.17, 15) is 19.8 Å². The summed E-state index contributed by atoms with van der Waals surface area (Å²) in [5.41, 5.74) is 1.76. The van der Waals surface area contributed by atoms with Crippen molar-refractivity contribution >= 4 is 46.9 Å². The molecule has 0 bridgehead atoms. The third kappa shape index (κ3) is 4.01. The van der Waals surface area contributed by atoms with E-state index in [1.165, 1.54) is 0 Å². The number of rotatable bonds is 6. The quantitative estimate of drug-likeness (QED) is 0.396. The van der Waals surface area contributed by atoms with E-state index < -0.39 is 16.7 Å². The second-order valence-electron chi connectivity index (χ2n) is 5.92. The fraction of sp³-hybridized carbons (Fsp3) is 0.105. The number of nitrogens with zero attached hydrogens (tertiary/aromatic N) is 1. The van der Waals surface area contributed by atoms with E-state index >= 15 is 0 Å². The van der Waals surface area contributed by atoms with Crippen molar-refractivity contribution < 1.29 is 24.2 Å². The van der Waals surface area contributed by atoms with E-state index in [1.54, 1.807) is 48.5 Å². The van der Waals surface area contributed by atoms with Gasteiger partial charge < -0.3 is 14.6 Å². The van der Waals surface area contributed by atoms with Crippen LogP contribution in [0.2, 0.25) is 10.0 Å². The molecule has 0 fully saturated rings. The first kappa shape index (κ1) is 20.3. The Morgan fingerprint density at radius 2 is 1.39 bits per heavy atom. The van der Waals surface area contributed by atoms with Crippen LogP contribution >= 0.6 is 35.0 Å². The van der Waals surface area contributed by atoms with Gasteiger partial charge in [0.25, 0.3) is 5.22 Å². The zero-order valence-corrected chi connectivity index (χ0v) is 16.7. The molecule has 28 heavy (non-hydrogen) atoms. The van der Waals surface area contributed by atoms with Gasteiger partial charge in [-0.3, -0.25) is 9.59 Å². The van der Waals surface area contributed by atoms with E-state index in [0.717, 1.165) is 6.92 Å². The summed E-state index contributed by atoms with van der Waals surface area (Å²) in [6.07, 6.45) is 0. The van der Waals surface area contributed by atoms with E-state index in [0.29, 0.717) is 44.4 Å². The highest BCUT2D eigenvalue weighted by Gasteiger charge is 2.45. The number of aliphatic carboxylic acids is 2. The average Bonchev–Trinajstić information content (AvgIpc) is 3.06. The zero-order chi connectivity index (χ0) is 20.5. The number of carboxylic acids is 2.